The first kappa shape index (κ1) is 8.07. The Morgan fingerprint density at radius 1 is 1.23 bits per heavy atom. The van der Waals surface area contributed by atoms with Crippen molar-refractivity contribution in [3.63, 3.8) is 0 Å². The molecular weight excluding hydrogens is 160 g/mol. The van der Waals surface area contributed by atoms with E-state index in [2.05, 4.69) is 5.92 Å². The van der Waals surface area contributed by atoms with Gasteiger partial charge in [0.15, 0.2) is 0 Å². The Kier molecular flexibility index (Phi) is 1.90. The lowest BCUT2D eigenvalue weighted by molar-refractivity contribution is -0.118. The van der Waals surface area contributed by atoms with Gasteiger partial charge in [0.2, 0.25) is 0 Å². The van der Waals surface area contributed by atoms with Crippen molar-refractivity contribution in [2.24, 2.45) is 0 Å². The summed E-state index contributed by atoms with van der Waals surface area (Å²) >= 11 is 0. The zero-order valence-electron chi connectivity index (χ0n) is 7.34. The number of rotatable bonds is 0. The Bertz CT molecular complexity index is 396. The van der Waals surface area contributed by atoms with Gasteiger partial charge in [0.1, 0.15) is 5.78 Å². The minimum Gasteiger partial charge on any atom is -0.299 e. The number of carbonyl (C=O) groups is 1. The summed E-state index contributed by atoms with van der Waals surface area (Å²) in [4.78, 5) is 11.1. The molecule has 0 spiro atoms. The summed E-state index contributed by atoms with van der Waals surface area (Å²) in [6.07, 6.45) is 7.40. The van der Waals surface area contributed by atoms with Crippen molar-refractivity contribution in [2.45, 2.75) is 19.3 Å². The van der Waals surface area contributed by atoms with Gasteiger partial charge in [-0.1, -0.05) is 12.0 Å². The number of Topliss-reactive ketones (excluding diaryl/α,β-unsaturated/α-hetero) is 1. The normalized spacial score (nSPS) is 14.8. The SMILES string of the molecule is C#Cc1ccc2c(c1)CCC(=O)C2. The predicted octanol–water partition coefficient (Wildman–Crippen LogP) is 1.73. The van der Waals surface area contributed by atoms with E-state index in [1.807, 2.05) is 18.2 Å². The standard InChI is InChI=1S/C12H10O/c1-2-9-3-4-11-8-12(13)6-5-10(11)7-9/h1,3-4,7H,5-6,8H2. The third-order valence-corrected chi connectivity index (χ3v) is 2.43. The highest BCUT2D eigenvalue weighted by atomic mass is 16.1. The van der Waals surface area contributed by atoms with E-state index in [4.69, 9.17) is 6.42 Å². The molecule has 1 nitrogen and oxygen atoms in total. The fraction of sp³-hybridized carbons (Fsp3) is 0.250. The molecule has 0 unspecified atom stereocenters. The molecule has 1 aliphatic rings. The molecule has 64 valence electrons. The highest BCUT2D eigenvalue weighted by molar-refractivity contribution is 5.83. The molecule has 0 aliphatic heterocycles. The van der Waals surface area contributed by atoms with E-state index in [0.717, 1.165) is 17.5 Å². The summed E-state index contributed by atoms with van der Waals surface area (Å²) in [6.45, 7) is 0. The summed E-state index contributed by atoms with van der Waals surface area (Å²) in [6, 6.07) is 5.89. The molecule has 0 N–H and O–H groups in total. The van der Waals surface area contributed by atoms with Gasteiger partial charge in [-0.15, -0.1) is 6.42 Å². The lowest BCUT2D eigenvalue weighted by atomic mass is 9.90. The van der Waals surface area contributed by atoms with Crippen molar-refractivity contribution in [1.29, 1.82) is 0 Å². The molecule has 1 aromatic rings. The van der Waals surface area contributed by atoms with Crippen LogP contribution in [0.15, 0.2) is 18.2 Å². The first-order valence-corrected chi connectivity index (χ1v) is 4.40. The number of ketones is 1. The van der Waals surface area contributed by atoms with E-state index in [1.54, 1.807) is 0 Å². The maximum absolute atomic E-state index is 11.1. The van der Waals surface area contributed by atoms with E-state index < -0.39 is 0 Å². The number of aryl methyl sites for hydroxylation is 1. The van der Waals surface area contributed by atoms with Gasteiger partial charge in [-0.2, -0.15) is 0 Å². The van der Waals surface area contributed by atoms with Crippen LogP contribution in [0.25, 0.3) is 0 Å². The molecule has 0 bridgehead atoms. The summed E-state index contributed by atoms with van der Waals surface area (Å²) in [7, 11) is 0. The monoisotopic (exact) mass is 170 g/mol. The smallest absolute Gasteiger partial charge is 0.137 e. The zero-order valence-corrected chi connectivity index (χ0v) is 7.34. The highest BCUT2D eigenvalue weighted by Crippen LogP contribution is 2.19. The molecule has 2 rings (SSSR count). The van der Waals surface area contributed by atoms with Gasteiger partial charge in [-0.3, -0.25) is 4.79 Å². The van der Waals surface area contributed by atoms with Crippen LogP contribution in [-0.2, 0) is 17.6 Å². The number of terminal acetylenes is 1. The number of fused-ring (bicyclic) bond motifs is 1. The molecule has 1 aliphatic carbocycles. The molecule has 0 atom stereocenters. The van der Waals surface area contributed by atoms with Crippen LogP contribution in [0, 0.1) is 12.3 Å². The lowest BCUT2D eigenvalue weighted by Crippen LogP contribution is -2.13. The average Bonchev–Trinajstić information content (AvgIpc) is 2.17. The first-order valence-electron chi connectivity index (χ1n) is 4.40. The maximum Gasteiger partial charge on any atom is 0.137 e. The molecule has 0 heterocycles. The molecular formula is C12H10O. The molecule has 0 radical (unpaired) electrons. The van der Waals surface area contributed by atoms with E-state index in [-0.39, 0.29) is 0 Å². The largest absolute Gasteiger partial charge is 0.299 e. The molecule has 0 saturated carbocycles. The van der Waals surface area contributed by atoms with Gasteiger partial charge in [0.25, 0.3) is 0 Å². The topological polar surface area (TPSA) is 17.1 Å². The highest BCUT2D eigenvalue weighted by Gasteiger charge is 2.14. The molecule has 1 aromatic carbocycles. The van der Waals surface area contributed by atoms with Crippen LogP contribution in [0.2, 0.25) is 0 Å². The fourth-order valence-electron chi connectivity index (χ4n) is 1.70. The third-order valence-electron chi connectivity index (χ3n) is 2.43. The Balaban J connectivity index is 2.43. The van der Waals surface area contributed by atoms with Gasteiger partial charge >= 0.3 is 0 Å². The van der Waals surface area contributed by atoms with Gasteiger partial charge < -0.3 is 0 Å². The van der Waals surface area contributed by atoms with E-state index >= 15 is 0 Å². The predicted molar refractivity (Wildman–Crippen MR) is 51.4 cm³/mol. The van der Waals surface area contributed by atoms with Crippen molar-refractivity contribution in [1.82, 2.24) is 0 Å². The van der Waals surface area contributed by atoms with Gasteiger partial charge in [0.05, 0.1) is 0 Å². The molecule has 0 amide bonds. The molecule has 13 heavy (non-hydrogen) atoms. The second-order valence-electron chi connectivity index (χ2n) is 3.34. The fourth-order valence-corrected chi connectivity index (χ4v) is 1.70. The van der Waals surface area contributed by atoms with Crippen LogP contribution in [-0.4, -0.2) is 5.78 Å². The summed E-state index contributed by atoms with van der Waals surface area (Å²) in [5.74, 6) is 2.94. The van der Waals surface area contributed by atoms with Crippen molar-refractivity contribution in [3.8, 4) is 12.3 Å². The molecule has 0 saturated heterocycles. The Labute approximate surface area is 77.8 Å². The van der Waals surface area contributed by atoms with Crippen molar-refractivity contribution >= 4 is 5.78 Å². The van der Waals surface area contributed by atoms with Gasteiger partial charge in [0, 0.05) is 18.4 Å². The van der Waals surface area contributed by atoms with E-state index in [0.29, 0.717) is 18.6 Å². The second-order valence-corrected chi connectivity index (χ2v) is 3.34. The van der Waals surface area contributed by atoms with Crippen molar-refractivity contribution in [3.05, 3.63) is 34.9 Å². The molecule has 1 heteroatoms. The molecule has 0 aromatic heterocycles. The number of carbonyl (C=O) groups excluding carboxylic acids is 1. The Hall–Kier alpha value is -1.55. The third kappa shape index (κ3) is 1.48. The van der Waals surface area contributed by atoms with Crippen LogP contribution in [0.1, 0.15) is 23.1 Å². The maximum atomic E-state index is 11.1. The van der Waals surface area contributed by atoms with Crippen LogP contribution in [0.3, 0.4) is 0 Å². The summed E-state index contributed by atoms with van der Waals surface area (Å²) < 4.78 is 0. The lowest BCUT2D eigenvalue weighted by Gasteiger charge is -2.14. The quantitative estimate of drug-likeness (QED) is 0.542. The van der Waals surface area contributed by atoms with Gasteiger partial charge in [-0.25, -0.2) is 0 Å². The van der Waals surface area contributed by atoms with E-state index in [9.17, 15) is 4.79 Å². The summed E-state index contributed by atoms with van der Waals surface area (Å²) in [5.41, 5.74) is 3.30. The van der Waals surface area contributed by atoms with Crippen LogP contribution >= 0.6 is 0 Å². The van der Waals surface area contributed by atoms with E-state index in [1.165, 1.54) is 5.56 Å². The van der Waals surface area contributed by atoms with Crippen LogP contribution < -0.4 is 0 Å². The zero-order chi connectivity index (χ0) is 9.26. The minimum atomic E-state index is 0.334. The Morgan fingerprint density at radius 3 is 2.85 bits per heavy atom. The van der Waals surface area contributed by atoms with Crippen molar-refractivity contribution in [2.75, 3.05) is 0 Å². The van der Waals surface area contributed by atoms with Crippen molar-refractivity contribution < 1.29 is 4.79 Å². The number of hydrogen-bond acceptors (Lipinski definition) is 1. The second kappa shape index (κ2) is 3.06. The van der Waals surface area contributed by atoms with Crippen LogP contribution in [0.5, 0.6) is 0 Å². The van der Waals surface area contributed by atoms with Crippen LogP contribution in [0.4, 0.5) is 0 Å². The number of benzene rings is 1. The minimum absolute atomic E-state index is 0.334. The number of hydrogen-bond donors (Lipinski definition) is 0. The molecule has 0 fully saturated rings. The average molecular weight is 170 g/mol. The summed E-state index contributed by atoms with van der Waals surface area (Å²) in [5, 5.41) is 0. The Morgan fingerprint density at radius 2 is 2.08 bits per heavy atom. The van der Waals surface area contributed by atoms with Gasteiger partial charge in [-0.05, 0) is 29.7 Å². The first-order chi connectivity index (χ1) is 6.29.